The average molecular weight is 169 g/mol. The summed E-state index contributed by atoms with van der Waals surface area (Å²) in [4.78, 5) is 10.5. The summed E-state index contributed by atoms with van der Waals surface area (Å²) in [5, 5.41) is 1.52. The molecule has 1 atom stereocenters. The van der Waals surface area contributed by atoms with Gasteiger partial charge in [0.25, 0.3) is 6.43 Å². The Hall–Kier alpha value is -0.740. The van der Waals surface area contributed by atoms with Crippen LogP contribution in [-0.2, 0) is 4.79 Å². The Kier molecular flexibility index (Phi) is 4.65. The highest BCUT2D eigenvalue weighted by atomic mass is 19.3. The number of amides is 1. The molecule has 0 saturated carbocycles. The van der Waals surface area contributed by atoms with Crippen molar-refractivity contribution in [3.8, 4) is 0 Å². The molecule has 0 fully saturated rings. The largest absolute Gasteiger partial charge is 0.322 e. The van der Waals surface area contributed by atoms with E-state index < -0.39 is 18.6 Å². The van der Waals surface area contributed by atoms with E-state index in [1.54, 1.807) is 6.92 Å². The van der Waals surface area contributed by atoms with E-state index in [1.165, 1.54) is 5.32 Å². The summed E-state index contributed by atoms with van der Waals surface area (Å²) in [7, 11) is 0. The minimum Gasteiger partial charge on any atom is -0.322 e. The van der Waals surface area contributed by atoms with Gasteiger partial charge >= 0.3 is 0 Å². The zero-order valence-electron chi connectivity index (χ0n) is 6.11. The fourth-order valence-electron chi connectivity index (χ4n) is 0.516. The molecule has 0 bridgehead atoms. The maximum absolute atomic E-state index is 12.0. The lowest BCUT2D eigenvalue weighted by molar-refractivity contribution is -0.125. The first-order valence-electron chi connectivity index (χ1n) is 3.29. The van der Waals surface area contributed by atoms with Crippen LogP contribution in [-0.4, -0.2) is 18.6 Å². The van der Waals surface area contributed by atoms with Gasteiger partial charge in [-0.15, -0.1) is 0 Å². The lowest BCUT2D eigenvalue weighted by atomic mass is 10.3. The molecule has 0 radical (unpaired) electrons. The molecule has 0 aliphatic carbocycles. The van der Waals surface area contributed by atoms with Crippen LogP contribution < -0.4 is 5.32 Å². The molecule has 0 aromatic rings. The van der Waals surface area contributed by atoms with E-state index >= 15 is 0 Å². The normalized spacial score (nSPS) is 13.2. The molecule has 2 nitrogen and oxygen atoms in total. The van der Waals surface area contributed by atoms with E-state index in [-0.39, 0.29) is 6.42 Å². The van der Waals surface area contributed by atoms with Crippen LogP contribution in [0.4, 0.5) is 13.2 Å². The van der Waals surface area contributed by atoms with Crippen LogP contribution in [0.25, 0.3) is 0 Å². The van der Waals surface area contributed by atoms with Crippen molar-refractivity contribution in [3.63, 3.8) is 0 Å². The van der Waals surface area contributed by atoms with Crippen LogP contribution in [0.3, 0.4) is 0 Å². The molecule has 0 saturated heterocycles. The highest BCUT2D eigenvalue weighted by molar-refractivity contribution is 5.75. The molecule has 66 valence electrons. The fourth-order valence-corrected chi connectivity index (χ4v) is 0.516. The van der Waals surface area contributed by atoms with Crippen molar-refractivity contribution in [1.82, 2.24) is 5.32 Å². The lowest BCUT2D eigenvalue weighted by Crippen LogP contribution is -2.36. The first-order chi connectivity index (χ1) is 5.07. The van der Waals surface area contributed by atoms with Crippen molar-refractivity contribution in [2.75, 3.05) is 0 Å². The van der Waals surface area contributed by atoms with Crippen molar-refractivity contribution in [1.29, 1.82) is 0 Å². The maximum Gasteiger partial charge on any atom is 0.287 e. The van der Waals surface area contributed by atoms with E-state index in [0.717, 1.165) is 0 Å². The van der Waals surface area contributed by atoms with Gasteiger partial charge in [0.15, 0.2) is 0 Å². The quantitative estimate of drug-likeness (QED) is 0.634. The average Bonchev–Trinajstić information content (AvgIpc) is 1.87. The zero-order valence-corrected chi connectivity index (χ0v) is 6.11. The molecule has 11 heavy (non-hydrogen) atoms. The second-order valence-corrected chi connectivity index (χ2v) is 2.05. The zero-order chi connectivity index (χ0) is 8.85. The van der Waals surface area contributed by atoms with Crippen LogP contribution in [0.1, 0.15) is 19.8 Å². The van der Waals surface area contributed by atoms with Crippen LogP contribution in [0.5, 0.6) is 0 Å². The first-order valence-corrected chi connectivity index (χ1v) is 3.29. The molecule has 0 aromatic carbocycles. The first kappa shape index (κ1) is 10.3. The van der Waals surface area contributed by atoms with Crippen molar-refractivity contribution in [2.24, 2.45) is 0 Å². The Balaban J connectivity index is 3.57. The van der Waals surface area contributed by atoms with Gasteiger partial charge < -0.3 is 5.32 Å². The molecule has 0 aromatic heterocycles. The number of nitrogens with one attached hydrogen (secondary N) is 1. The lowest BCUT2D eigenvalue weighted by Gasteiger charge is -2.07. The Morgan fingerprint density at radius 3 is 2.36 bits per heavy atom. The third-order valence-electron chi connectivity index (χ3n) is 0.997. The van der Waals surface area contributed by atoms with E-state index in [4.69, 9.17) is 0 Å². The Morgan fingerprint density at radius 1 is 1.45 bits per heavy atom. The summed E-state index contributed by atoms with van der Waals surface area (Å²) in [5.41, 5.74) is 0. The molecule has 1 amide bonds. The summed E-state index contributed by atoms with van der Waals surface area (Å²) in [6, 6.07) is 0. The molecule has 1 N–H and O–H groups in total. The van der Waals surface area contributed by atoms with Crippen LogP contribution in [0.2, 0.25) is 0 Å². The molecular weight excluding hydrogens is 159 g/mol. The van der Waals surface area contributed by atoms with Gasteiger partial charge in [-0.25, -0.2) is 13.2 Å². The minimum atomic E-state index is -3.14. The van der Waals surface area contributed by atoms with Crippen LogP contribution >= 0.6 is 0 Å². The number of rotatable bonds is 4. The van der Waals surface area contributed by atoms with Gasteiger partial charge in [0.2, 0.25) is 12.2 Å². The molecule has 5 heteroatoms. The molecule has 0 aliphatic heterocycles. The van der Waals surface area contributed by atoms with E-state index in [9.17, 15) is 18.0 Å². The van der Waals surface area contributed by atoms with Crippen molar-refractivity contribution in [2.45, 2.75) is 32.5 Å². The minimum absolute atomic E-state index is 0.0765. The number of hydrogen-bond acceptors (Lipinski definition) is 1. The van der Waals surface area contributed by atoms with Crippen LogP contribution in [0, 0.1) is 0 Å². The number of carbonyl (C=O) groups excluding carboxylic acids is 1. The summed E-state index contributed by atoms with van der Waals surface area (Å²) < 4.78 is 34.9. The Bertz CT molecular complexity index is 129. The summed E-state index contributed by atoms with van der Waals surface area (Å²) in [6.07, 6.45) is -5.08. The van der Waals surface area contributed by atoms with E-state index in [2.05, 4.69) is 0 Å². The van der Waals surface area contributed by atoms with Gasteiger partial charge in [-0.2, -0.15) is 0 Å². The second kappa shape index (κ2) is 4.98. The molecule has 0 heterocycles. The highest BCUT2D eigenvalue weighted by Crippen LogP contribution is 2.02. The topological polar surface area (TPSA) is 29.1 Å². The summed E-state index contributed by atoms with van der Waals surface area (Å²) in [6.45, 7) is 1.70. The monoisotopic (exact) mass is 169 g/mol. The third kappa shape index (κ3) is 4.64. The molecule has 0 rings (SSSR count). The molecule has 0 spiro atoms. The Labute approximate surface area is 62.8 Å². The van der Waals surface area contributed by atoms with Crippen molar-refractivity contribution < 1.29 is 18.0 Å². The summed E-state index contributed by atoms with van der Waals surface area (Å²) in [5.74, 6) is -0.680. The number of carbonyl (C=O) groups is 1. The second-order valence-electron chi connectivity index (χ2n) is 2.05. The standard InChI is InChI=1S/C6H10F3NO/c1-2-3-4(11)10-6(9)5(7)8/h5-6H,2-3H2,1H3,(H,10,11). The van der Waals surface area contributed by atoms with Crippen LogP contribution in [0.15, 0.2) is 0 Å². The summed E-state index contributed by atoms with van der Waals surface area (Å²) >= 11 is 0. The Morgan fingerprint density at radius 2 is 2.00 bits per heavy atom. The van der Waals surface area contributed by atoms with E-state index in [0.29, 0.717) is 6.42 Å². The van der Waals surface area contributed by atoms with E-state index in [1.807, 2.05) is 0 Å². The van der Waals surface area contributed by atoms with Crippen molar-refractivity contribution in [3.05, 3.63) is 0 Å². The van der Waals surface area contributed by atoms with Gasteiger partial charge in [0.05, 0.1) is 0 Å². The van der Waals surface area contributed by atoms with Crippen molar-refractivity contribution >= 4 is 5.91 Å². The fraction of sp³-hybridized carbons (Fsp3) is 0.833. The van der Waals surface area contributed by atoms with Gasteiger partial charge in [0.1, 0.15) is 0 Å². The highest BCUT2D eigenvalue weighted by Gasteiger charge is 2.20. The predicted molar refractivity (Wildman–Crippen MR) is 34.0 cm³/mol. The number of hydrogen-bond donors (Lipinski definition) is 1. The van der Waals surface area contributed by atoms with Gasteiger partial charge in [-0.3, -0.25) is 4.79 Å². The molecule has 1 unspecified atom stereocenters. The molecule has 0 aliphatic rings. The predicted octanol–water partition coefficient (Wildman–Crippen LogP) is 1.46. The number of alkyl halides is 3. The smallest absolute Gasteiger partial charge is 0.287 e. The number of halogens is 3. The van der Waals surface area contributed by atoms with Gasteiger partial charge in [-0.1, -0.05) is 6.92 Å². The maximum atomic E-state index is 12.0. The third-order valence-corrected chi connectivity index (χ3v) is 0.997. The molecular formula is C6H10F3NO. The van der Waals surface area contributed by atoms with Gasteiger partial charge in [0, 0.05) is 6.42 Å². The SMILES string of the molecule is CCCC(=O)NC(F)C(F)F. The van der Waals surface area contributed by atoms with Gasteiger partial charge in [-0.05, 0) is 6.42 Å².